The summed E-state index contributed by atoms with van der Waals surface area (Å²) in [7, 11) is 0. The Morgan fingerprint density at radius 2 is 2.24 bits per heavy atom. The zero-order valence-electron chi connectivity index (χ0n) is 8.92. The normalized spacial score (nSPS) is 18.7. The van der Waals surface area contributed by atoms with Crippen LogP contribution < -0.4 is 11.0 Å². The van der Waals surface area contributed by atoms with Gasteiger partial charge in [0.25, 0.3) is 0 Å². The molecule has 1 aliphatic rings. The van der Waals surface area contributed by atoms with Crippen molar-refractivity contribution in [3.05, 3.63) is 23.0 Å². The molecule has 3 rings (SSSR count). The van der Waals surface area contributed by atoms with Crippen LogP contribution in [0.2, 0.25) is 0 Å². The van der Waals surface area contributed by atoms with E-state index in [0.29, 0.717) is 11.2 Å². The molecule has 6 nitrogen and oxygen atoms in total. The van der Waals surface area contributed by atoms with Gasteiger partial charge in [0.15, 0.2) is 5.65 Å². The van der Waals surface area contributed by atoms with E-state index in [4.69, 9.17) is 0 Å². The monoisotopic (exact) mass is 277 g/mol. The fourth-order valence-electron chi connectivity index (χ4n) is 2.07. The first-order chi connectivity index (χ1) is 7.36. The first kappa shape index (κ1) is 14.0. The van der Waals surface area contributed by atoms with Gasteiger partial charge in [0.05, 0.1) is 12.2 Å². The van der Waals surface area contributed by atoms with Gasteiger partial charge in [-0.1, -0.05) is 0 Å². The molecular formula is C9H13Cl2N5O. The van der Waals surface area contributed by atoms with Gasteiger partial charge in [-0.2, -0.15) is 0 Å². The summed E-state index contributed by atoms with van der Waals surface area (Å²) < 4.78 is 1.72. The maximum atomic E-state index is 11.7. The zero-order valence-corrected chi connectivity index (χ0v) is 10.6. The number of hydrogen-bond donors (Lipinski definition) is 2. The number of nitrogens with zero attached hydrogens (tertiary/aromatic N) is 3. The highest BCUT2D eigenvalue weighted by Crippen LogP contribution is 2.16. The molecule has 2 aromatic rings. The average molecular weight is 278 g/mol. The van der Waals surface area contributed by atoms with Crippen molar-refractivity contribution in [3.8, 4) is 0 Å². The highest BCUT2D eigenvalue weighted by atomic mass is 35.5. The summed E-state index contributed by atoms with van der Waals surface area (Å²) in [6, 6.07) is 0.209. The number of imidazole rings is 1. The summed E-state index contributed by atoms with van der Waals surface area (Å²) in [6.07, 6.45) is 4.06. The molecule has 0 aliphatic carbocycles. The third kappa shape index (κ3) is 2.29. The molecule has 17 heavy (non-hydrogen) atoms. The molecule has 94 valence electrons. The van der Waals surface area contributed by atoms with Crippen molar-refractivity contribution in [1.29, 1.82) is 0 Å². The minimum absolute atomic E-state index is 0. The molecule has 8 heteroatoms. The predicted molar refractivity (Wildman–Crippen MR) is 69.2 cm³/mol. The van der Waals surface area contributed by atoms with Gasteiger partial charge >= 0.3 is 5.69 Å². The van der Waals surface area contributed by atoms with Gasteiger partial charge in [-0.3, -0.25) is 4.57 Å². The standard InChI is InChI=1S/C9H11N5O.2ClH/c15-9-13-7-4-11-5-12-8(7)14(9)6-1-2-10-3-6;;/h4-6,10H,1-3H2,(H,13,15);2*1H. The third-order valence-electron chi connectivity index (χ3n) is 2.78. The van der Waals surface area contributed by atoms with Crippen molar-refractivity contribution in [2.45, 2.75) is 12.5 Å². The Bertz CT molecular complexity index is 546. The second kappa shape index (κ2) is 5.48. The Balaban J connectivity index is 0.000000722. The van der Waals surface area contributed by atoms with E-state index in [1.165, 1.54) is 6.33 Å². The van der Waals surface area contributed by atoms with E-state index < -0.39 is 0 Å². The number of hydrogen-bond acceptors (Lipinski definition) is 4. The summed E-state index contributed by atoms with van der Waals surface area (Å²) in [5.41, 5.74) is 1.30. The number of aromatic nitrogens is 4. The molecule has 0 spiro atoms. The highest BCUT2D eigenvalue weighted by Gasteiger charge is 2.21. The van der Waals surface area contributed by atoms with E-state index in [1.807, 2.05) is 0 Å². The molecule has 1 fully saturated rings. The second-order valence-electron chi connectivity index (χ2n) is 3.71. The minimum Gasteiger partial charge on any atom is -0.315 e. The van der Waals surface area contributed by atoms with Crippen LogP contribution in [0.3, 0.4) is 0 Å². The van der Waals surface area contributed by atoms with Crippen LogP contribution in [0.25, 0.3) is 11.2 Å². The molecule has 0 bridgehead atoms. The molecule has 0 amide bonds. The molecule has 2 aromatic heterocycles. The van der Waals surface area contributed by atoms with Gasteiger partial charge < -0.3 is 10.3 Å². The van der Waals surface area contributed by atoms with E-state index in [9.17, 15) is 4.79 Å². The Hall–Kier alpha value is -1.11. The molecule has 2 N–H and O–H groups in total. The smallest absolute Gasteiger partial charge is 0.315 e. The fraction of sp³-hybridized carbons (Fsp3) is 0.444. The van der Waals surface area contributed by atoms with Crippen molar-refractivity contribution >= 4 is 36.0 Å². The Labute approximate surface area is 110 Å². The number of aromatic amines is 1. The maximum Gasteiger partial charge on any atom is 0.328 e. The van der Waals surface area contributed by atoms with Gasteiger partial charge in [-0.05, 0) is 13.0 Å². The Morgan fingerprint density at radius 3 is 2.94 bits per heavy atom. The summed E-state index contributed by atoms with van der Waals surface area (Å²) in [5, 5.41) is 3.24. The number of nitrogens with one attached hydrogen (secondary N) is 2. The first-order valence-corrected chi connectivity index (χ1v) is 4.97. The summed E-state index contributed by atoms with van der Waals surface area (Å²) in [4.78, 5) is 22.5. The first-order valence-electron chi connectivity index (χ1n) is 4.97. The summed E-state index contributed by atoms with van der Waals surface area (Å²) in [5.74, 6) is 0. The largest absolute Gasteiger partial charge is 0.328 e. The van der Waals surface area contributed by atoms with Gasteiger partial charge in [0.2, 0.25) is 0 Å². The van der Waals surface area contributed by atoms with Crippen molar-refractivity contribution < 1.29 is 0 Å². The molecule has 0 aromatic carbocycles. The van der Waals surface area contributed by atoms with Crippen molar-refractivity contribution in [3.63, 3.8) is 0 Å². The summed E-state index contributed by atoms with van der Waals surface area (Å²) in [6.45, 7) is 1.78. The highest BCUT2D eigenvalue weighted by molar-refractivity contribution is 5.85. The molecule has 1 unspecified atom stereocenters. The van der Waals surface area contributed by atoms with Gasteiger partial charge in [0, 0.05) is 6.54 Å². The lowest BCUT2D eigenvalue weighted by Gasteiger charge is -2.08. The molecule has 1 aliphatic heterocycles. The van der Waals surface area contributed by atoms with Crippen LogP contribution in [-0.4, -0.2) is 32.6 Å². The van der Waals surface area contributed by atoms with E-state index >= 15 is 0 Å². The lowest BCUT2D eigenvalue weighted by Crippen LogP contribution is -2.24. The number of halogens is 2. The lowest BCUT2D eigenvalue weighted by molar-refractivity contribution is 0.542. The summed E-state index contributed by atoms with van der Waals surface area (Å²) >= 11 is 0. The second-order valence-corrected chi connectivity index (χ2v) is 3.71. The van der Waals surface area contributed by atoms with E-state index in [1.54, 1.807) is 10.8 Å². The Kier molecular flexibility index (Phi) is 4.50. The zero-order chi connectivity index (χ0) is 10.3. The molecular weight excluding hydrogens is 265 g/mol. The SMILES string of the molecule is Cl.Cl.O=c1[nH]c2cncnc2n1C1CCNC1. The van der Waals surface area contributed by atoms with Gasteiger partial charge in [0.1, 0.15) is 11.8 Å². The molecule has 3 heterocycles. The third-order valence-corrected chi connectivity index (χ3v) is 2.78. The van der Waals surface area contributed by atoms with Crippen LogP contribution in [0.4, 0.5) is 0 Å². The quantitative estimate of drug-likeness (QED) is 0.796. The van der Waals surface area contributed by atoms with Crippen LogP contribution in [-0.2, 0) is 0 Å². The molecule has 1 atom stereocenters. The van der Waals surface area contributed by atoms with Crippen LogP contribution in [0.15, 0.2) is 17.3 Å². The van der Waals surface area contributed by atoms with Crippen molar-refractivity contribution in [2.75, 3.05) is 13.1 Å². The number of fused-ring (bicyclic) bond motifs is 1. The lowest BCUT2D eigenvalue weighted by atomic mass is 10.2. The molecule has 1 saturated heterocycles. The van der Waals surface area contributed by atoms with E-state index in [-0.39, 0.29) is 36.5 Å². The van der Waals surface area contributed by atoms with Gasteiger partial charge in [-0.15, -0.1) is 24.8 Å². The van der Waals surface area contributed by atoms with E-state index in [2.05, 4.69) is 20.3 Å². The fourth-order valence-corrected chi connectivity index (χ4v) is 2.07. The van der Waals surface area contributed by atoms with E-state index in [0.717, 1.165) is 19.5 Å². The Morgan fingerprint density at radius 1 is 1.41 bits per heavy atom. The maximum absolute atomic E-state index is 11.7. The molecule has 0 radical (unpaired) electrons. The number of rotatable bonds is 1. The van der Waals surface area contributed by atoms with Crippen LogP contribution >= 0.6 is 24.8 Å². The van der Waals surface area contributed by atoms with Crippen LogP contribution in [0, 0.1) is 0 Å². The van der Waals surface area contributed by atoms with Crippen LogP contribution in [0.5, 0.6) is 0 Å². The minimum atomic E-state index is -0.0980. The predicted octanol–water partition coefficient (Wildman–Crippen LogP) is 0.498. The molecule has 0 saturated carbocycles. The van der Waals surface area contributed by atoms with Gasteiger partial charge in [-0.25, -0.2) is 14.8 Å². The average Bonchev–Trinajstić information content (AvgIpc) is 2.82. The topological polar surface area (TPSA) is 75.6 Å². The van der Waals surface area contributed by atoms with Crippen molar-refractivity contribution in [1.82, 2.24) is 24.8 Å². The van der Waals surface area contributed by atoms with Crippen LogP contribution in [0.1, 0.15) is 12.5 Å². The number of H-pyrrole nitrogens is 1. The van der Waals surface area contributed by atoms with Crippen molar-refractivity contribution in [2.24, 2.45) is 0 Å².